The summed E-state index contributed by atoms with van der Waals surface area (Å²) in [5, 5.41) is 3.70. The first-order valence-corrected chi connectivity index (χ1v) is 13.5. The Morgan fingerprint density at radius 1 is 1.17 bits per heavy atom. The molecule has 1 aromatic carbocycles. The minimum absolute atomic E-state index is 0.000698. The molecule has 8 heteroatoms. The number of rotatable bonds is 10. The van der Waals surface area contributed by atoms with E-state index in [4.69, 9.17) is 9.72 Å². The largest absolute Gasteiger partial charge is 0.379 e. The highest BCUT2D eigenvalue weighted by molar-refractivity contribution is 7.99. The number of aryl methyl sites for hydroxylation is 1. The fourth-order valence-corrected chi connectivity index (χ4v) is 5.00. The van der Waals surface area contributed by atoms with Crippen molar-refractivity contribution in [3.05, 3.63) is 57.0 Å². The molecule has 1 fully saturated rings. The third-order valence-corrected chi connectivity index (χ3v) is 7.50. The molecule has 1 saturated heterocycles. The van der Waals surface area contributed by atoms with E-state index in [1.54, 1.807) is 11.6 Å². The molecule has 2 aromatic rings. The van der Waals surface area contributed by atoms with Gasteiger partial charge in [0, 0.05) is 63.1 Å². The predicted molar refractivity (Wildman–Crippen MR) is 142 cm³/mol. The molecule has 35 heavy (non-hydrogen) atoms. The van der Waals surface area contributed by atoms with Gasteiger partial charge in [0.25, 0.3) is 5.56 Å². The summed E-state index contributed by atoms with van der Waals surface area (Å²) in [5.74, 6) is 0.814. The van der Waals surface area contributed by atoms with Crippen molar-refractivity contribution >= 4 is 17.7 Å². The maximum Gasteiger partial charge on any atom is 0.257 e. The average Bonchev–Trinajstić information content (AvgIpc) is 2.83. The van der Waals surface area contributed by atoms with Gasteiger partial charge in [-0.2, -0.15) is 0 Å². The second-order valence-electron chi connectivity index (χ2n) is 10.2. The summed E-state index contributed by atoms with van der Waals surface area (Å²) in [5.41, 5.74) is 4.01. The molecule has 1 amide bonds. The molecule has 3 rings (SSSR count). The lowest BCUT2D eigenvalue weighted by molar-refractivity contribution is -0.121. The van der Waals surface area contributed by atoms with Crippen LogP contribution in [0, 0.1) is 6.92 Å². The normalized spacial score (nSPS) is 14.8. The van der Waals surface area contributed by atoms with Gasteiger partial charge in [0.1, 0.15) is 0 Å². The molecule has 0 spiro atoms. The summed E-state index contributed by atoms with van der Waals surface area (Å²) < 4.78 is 6.98. The van der Waals surface area contributed by atoms with E-state index in [0.717, 1.165) is 61.8 Å². The Hall–Kier alpha value is -2.16. The van der Waals surface area contributed by atoms with Crippen LogP contribution < -0.4 is 10.9 Å². The summed E-state index contributed by atoms with van der Waals surface area (Å²) in [4.78, 5) is 32.2. The van der Waals surface area contributed by atoms with Gasteiger partial charge in [-0.3, -0.25) is 19.1 Å². The molecule has 7 nitrogen and oxygen atoms in total. The van der Waals surface area contributed by atoms with E-state index in [9.17, 15) is 9.59 Å². The second kappa shape index (κ2) is 12.7. The lowest BCUT2D eigenvalue weighted by atomic mass is 9.86. The number of carbonyl (C=O) groups excluding carboxylic acids is 1. The lowest BCUT2D eigenvalue weighted by Gasteiger charge is -2.26. The Labute approximate surface area is 213 Å². The van der Waals surface area contributed by atoms with E-state index in [2.05, 4.69) is 55.3 Å². The number of morpholine rings is 1. The van der Waals surface area contributed by atoms with Gasteiger partial charge in [-0.1, -0.05) is 56.8 Å². The van der Waals surface area contributed by atoms with Crippen molar-refractivity contribution in [3.63, 3.8) is 0 Å². The number of hydrogen-bond donors (Lipinski definition) is 1. The van der Waals surface area contributed by atoms with Crippen molar-refractivity contribution < 1.29 is 9.53 Å². The van der Waals surface area contributed by atoms with Gasteiger partial charge in [-0.05, 0) is 29.9 Å². The van der Waals surface area contributed by atoms with Crippen LogP contribution in [0.2, 0.25) is 0 Å². The highest BCUT2D eigenvalue weighted by Crippen LogP contribution is 2.23. The zero-order valence-corrected chi connectivity index (χ0v) is 22.7. The van der Waals surface area contributed by atoms with E-state index < -0.39 is 0 Å². The molecule has 0 atom stereocenters. The van der Waals surface area contributed by atoms with Crippen LogP contribution in [0.15, 0.2) is 34.2 Å². The van der Waals surface area contributed by atoms with Crippen LogP contribution in [-0.2, 0) is 28.4 Å². The van der Waals surface area contributed by atoms with Crippen LogP contribution in [0.25, 0.3) is 0 Å². The quantitative estimate of drug-likeness (QED) is 0.307. The predicted octanol–water partition coefficient (Wildman–Crippen LogP) is 3.30. The molecular weight excluding hydrogens is 460 g/mol. The van der Waals surface area contributed by atoms with Gasteiger partial charge in [-0.15, -0.1) is 0 Å². The van der Waals surface area contributed by atoms with E-state index in [1.165, 1.54) is 17.3 Å². The maximum absolute atomic E-state index is 13.1. The van der Waals surface area contributed by atoms with Crippen molar-refractivity contribution in [2.75, 3.05) is 45.1 Å². The van der Waals surface area contributed by atoms with Crippen molar-refractivity contribution in [1.82, 2.24) is 19.8 Å². The van der Waals surface area contributed by atoms with Crippen molar-refractivity contribution in [3.8, 4) is 0 Å². The number of amides is 1. The smallest absolute Gasteiger partial charge is 0.257 e. The number of benzene rings is 1. The zero-order chi connectivity index (χ0) is 25.4. The Morgan fingerprint density at radius 2 is 1.86 bits per heavy atom. The molecule has 1 aliphatic heterocycles. The van der Waals surface area contributed by atoms with Crippen LogP contribution in [-0.4, -0.2) is 65.5 Å². The minimum atomic E-state index is 0.000698. The lowest BCUT2D eigenvalue weighted by Crippen LogP contribution is -2.41. The Kier molecular flexibility index (Phi) is 9.95. The molecule has 0 saturated carbocycles. The Bertz CT molecular complexity index is 1040. The molecule has 1 aliphatic rings. The van der Waals surface area contributed by atoms with Crippen LogP contribution in [0.5, 0.6) is 0 Å². The second-order valence-corrected chi connectivity index (χ2v) is 11.3. The molecular formula is C27H40N4O3S. The Balaban J connectivity index is 1.47. The van der Waals surface area contributed by atoms with Crippen LogP contribution in [0.1, 0.15) is 56.0 Å². The number of aromatic nitrogens is 2. The highest BCUT2D eigenvalue weighted by Gasteiger charge is 2.16. The number of carbonyl (C=O) groups is 1. The Morgan fingerprint density at radius 3 is 2.51 bits per heavy atom. The van der Waals surface area contributed by atoms with Gasteiger partial charge < -0.3 is 10.1 Å². The fourth-order valence-electron chi connectivity index (χ4n) is 4.05. The van der Waals surface area contributed by atoms with Gasteiger partial charge >= 0.3 is 0 Å². The molecule has 0 radical (unpaired) electrons. The van der Waals surface area contributed by atoms with Crippen molar-refractivity contribution in [1.29, 1.82) is 0 Å². The monoisotopic (exact) mass is 500 g/mol. The third kappa shape index (κ3) is 8.19. The number of nitrogens with one attached hydrogen (secondary N) is 1. The summed E-state index contributed by atoms with van der Waals surface area (Å²) in [6, 6.07) is 8.50. The average molecular weight is 501 g/mol. The van der Waals surface area contributed by atoms with Crippen LogP contribution in [0.4, 0.5) is 0 Å². The molecule has 1 N–H and O–H groups in total. The summed E-state index contributed by atoms with van der Waals surface area (Å²) >= 11 is 1.53. The molecule has 192 valence electrons. The standard InChI is InChI=1S/C27H40N4O3S/c1-20-23(19-21-8-10-22(11-9-21)27(2,3)4)25(33)30(5)26(29-20)35-18-6-7-24(32)28-12-13-31-14-16-34-17-15-31/h8-11H,6-7,12-19H2,1-5H3,(H,28,32). The number of thioether (sulfide) groups is 1. The molecule has 1 aromatic heterocycles. The number of nitrogens with zero attached hydrogens (tertiary/aromatic N) is 3. The van der Waals surface area contributed by atoms with Crippen molar-refractivity contribution in [2.45, 2.75) is 57.5 Å². The summed E-state index contributed by atoms with van der Waals surface area (Å²) in [6.07, 6.45) is 1.79. The first kappa shape index (κ1) is 27.4. The third-order valence-electron chi connectivity index (χ3n) is 6.38. The minimum Gasteiger partial charge on any atom is -0.379 e. The van der Waals surface area contributed by atoms with Gasteiger partial charge in [0.05, 0.1) is 13.2 Å². The van der Waals surface area contributed by atoms with E-state index in [1.807, 2.05) is 6.92 Å². The fraction of sp³-hybridized carbons (Fsp3) is 0.593. The highest BCUT2D eigenvalue weighted by atomic mass is 32.2. The zero-order valence-electron chi connectivity index (χ0n) is 21.9. The van der Waals surface area contributed by atoms with E-state index in [-0.39, 0.29) is 16.9 Å². The molecule has 0 unspecified atom stereocenters. The topological polar surface area (TPSA) is 76.5 Å². The molecule has 0 bridgehead atoms. The van der Waals surface area contributed by atoms with Crippen LogP contribution >= 0.6 is 11.8 Å². The molecule has 2 heterocycles. The van der Waals surface area contributed by atoms with Crippen LogP contribution in [0.3, 0.4) is 0 Å². The SMILES string of the molecule is Cc1nc(SCCCC(=O)NCCN2CCOCC2)n(C)c(=O)c1Cc1ccc(C(C)(C)C)cc1. The number of hydrogen-bond acceptors (Lipinski definition) is 6. The van der Waals surface area contributed by atoms with E-state index in [0.29, 0.717) is 24.5 Å². The molecule has 0 aliphatic carbocycles. The summed E-state index contributed by atoms with van der Waals surface area (Å²) in [7, 11) is 1.78. The van der Waals surface area contributed by atoms with Gasteiger partial charge in [0.15, 0.2) is 5.16 Å². The first-order chi connectivity index (χ1) is 16.6. The van der Waals surface area contributed by atoms with E-state index >= 15 is 0 Å². The number of ether oxygens (including phenoxy) is 1. The maximum atomic E-state index is 13.1. The first-order valence-electron chi connectivity index (χ1n) is 12.5. The van der Waals surface area contributed by atoms with Crippen molar-refractivity contribution in [2.24, 2.45) is 7.05 Å². The summed E-state index contributed by atoms with van der Waals surface area (Å²) in [6.45, 7) is 13.4. The van der Waals surface area contributed by atoms with Gasteiger partial charge in [0.2, 0.25) is 5.91 Å². The van der Waals surface area contributed by atoms with Gasteiger partial charge in [-0.25, -0.2) is 4.98 Å².